The Morgan fingerprint density at radius 1 is 1.44 bits per heavy atom. The van der Waals surface area contributed by atoms with Gasteiger partial charge in [0.1, 0.15) is 5.37 Å². The van der Waals surface area contributed by atoms with Gasteiger partial charge >= 0.3 is 0 Å². The van der Waals surface area contributed by atoms with E-state index in [1.807, 2.05) is 0 Å². The summed E-state index contributed by atoms with van der Waals surface area (Å²) in [5.41, 5.74) is 0. The SMILES string of the molecule is CCS(=O)(=O)C1CSCCN1C(=O)CC1CNC1. The normalized spacial score (nSPS) is 25.8. The molecule has 0 aromatic rings. The Bertz CT molecular complexity index is 407. The van der Waals surface area contributed by atoms with Crippen molar-refractivity contribution in [2.75, 3.05) is 36.9 Å². The zero-order chi connectivity index (χ0) is 13.2. The Labute approximate surface area is 113 Å². The number of nitrogens with one attached hydrogen (secondary N) is 1. The zero-order valence-electron chi connectivity index (χ0n) is 10.6. The first-order chi connectivity index (χ1) is 8.54. The molecule has 2 fully saturated rings. The Hall–Kier alpha value is -0.270. The average molecular weight is 292 g/mol. The molecule has 2 aliphatic heterocycles. The standard InChI is InChI=1S/C11H20N2O3S2/c1-2-18(15,16)11-8-17-4-3-13(11)10(14)5-9-6-12-7-9/h9,11-12H,2-8H2,1H3. The molecule has 0 aromatic carbocycles. The van der Waals surface area contributed by atoms with Crippen LogP contribution in [0.25, 0.3) is 0 Å². The minimum Gasteiger partial charge on any atom is -0.324 e. The van der Waals surface area contributed by atoms with E-state index in [2.05, 4.69) is 5.32 Å². The maximum Gasteiger partial charge on any atom is 0.224 e. The first kappa shape index (κ1) is 14.1. The molecule has 2 rings (SSSR count). The maximum absolute atomic E-state index is 12.2. The van der Waals surface area contributed by atoms with Crippen LogP contribution in [-0.2, 0) is 14.6 Å². The number of sulfone groups is 1. The van der Waals surface area contributed by atoms with Crippen molar-refractivity contribution in [2.24, 2.45) is 5.92 Å². The lowest BCUT2D eigenvalue weighted by atomic mass is 9.99. The molecule has 0 aromatic heterocycles. The predicted molar refractivity (Wildman–Crippen MR) is 73.3 cm³/mol. The van der Waals surface area contributed by atoms with Crippen LogP contribution < -0.4 is 5.32 Å². The maximum atomic E-state index is 12.2. The average Bonchev–Trinajstić information content (AvgIpc) is 2.33. The molecule has 7 heteroatoms. The molecular formula is C11H20N2O3S2. The number of rotatable bonds is 4. The minimum atomic E-state index is -3.17. The van der Waals surface area contributed by atoms with Crippen molar-refractivity contribution in [2.45, 2.75) is 18.7 Å². The highest BCUT2D eigenvalue weighted by atomic mass is 32.2. The van der Waals surface area contributed by atoms with Gasteiger partial charge in [0.15, 0.2) is 9.84 Å². The van der Waals surface area contributed by atoms with E-state index in [1.165, 1.54) is 0 Å². The van der Waals surface area contributed by atoms with Crippen molar-refractivity contribution in [3.8, 4) is 0 Å². The molecule has 0 saturated carbocycles. The van der Waals surface area contributed by atoms with Gasteiger partial charge in [-0.15, -0.1) is 0 Å². The first-order valence-electron chi connectivity index (χ1n) is 6.34. The van der Waals surface area contributed by atoms with Gasteiger partial charge in [-0.3, -0.25) is 4.79 Å². The third kappa shape index (κ3) is 3.00. The van der Waals surface area contributed by atoms with Gasteiger partial charge in [-0.05, 0) is 19.0 Å². The first-order valence-corrected chi connectivity index (χ1v) is 9.21. The molecule has 1 atom stereocenters. The van der Waals surface area contributed by atoms with Crippen LogP contribution in [0.1, 0.15) is 13.3 Å². The van der Waals surface area contributed by atoms with E-state index in [4.69, 9.17) is 0 Å². The van der Waals surface area contributed by atoms with Crippen LogP contribution in [0.5, 0.6) is 0 Å². The Kier molecular flexibility index (Phi) is 4.55. The summed E-state index contributed by atoms with van der Waals surface area (Å²) in [6.07, 6.45) is 0.480. The van der Waals surface area contributed by atoms with E-state index in [9.17, 15) is 13.2 Å². The Morgan fingerprint density at radius 3 is 2.72 bits per heavy atom. The highest BCUT2D eigenvalue weighted by Crippen LogP contribution is 2.23. The highest BCUT2D eigenvalue weighted by molar-refractivity contribution is 8.01. The fraction of sp³-hybridized carbons (Fsp3) is 0.909. The van der Waals surface area contributed by atoms with Crippen LogP contribution in [0, 0.1) is 5.92 Å². The van der Waals surface area contributed by atoms with Gasteiger partial charge in [0.2, 0.25) is 5.91 Å². The van der Waals surface area contributed by atoms with E-state index in [0.29, 0.717) is 24.6 Å². The Balaban J connectivity index is 2.04. The van der Waals surface area contributed by atoms with Crippen molar-refractivity contribution >= 4 is 27.5 Å². The zero-order valence-corrected chi connectivity index (χ0v) is 12.2. The van der Waals surface area contributed by atoms with E-state index in [-0.39, 0.29) is 11.7 Å². The van der Waals surface area contributed by atoms with Crippen LogP contribution in [-0.4, -0.2) is 61.5 Å². The van der Waals surface area contributed by atoms with Crippen molar-refractivity contribution in [1.29, 1.82) is 0 Å². The molecule has 1 N–H and O–H groups in total. The van der Waals surface area contributed by atoms with Crippen molar-refractivity contribution in [3.05, 3.63) is 0 Å². The second kappa shape index (κ2) is 5.79. The summed E-state index contributed by atoms with van der Waals surface area (Å²) in [6, 6.07) is 0. The summed E-state index contributed by atoms with van der Waals surface area (Å²) >= 11 is 1.62. The molecular weight excluding hydrogens is 272 g/mol. The second-order valence-corrected chi connectivity index (χ2v) is 8.39. The van der Waals surface area contributed by atoms with E-state index >= 15 is 0 Å². The van der Waals surface area contributed by atoms with E-state index in [0.717, 1.165) is 18.8 Å². The summed E-state index contributed by atoms with van der Waals surface area (Å²) in [5.74, 6) is 1.85. The minimum absolute atomic E-state index is 0.00354. The number of carbonyl (C=O) groups excluding carboxylic acids is 1. The molecule has 18 heavy (non-hydrogen) atoms. The van der Waals surface area contributed by atoms with Gasteiger partial charge in [-0.25, -0.2) is 8.42 Å². The van der Waals surface area contributed by atoms with Gasteiger partial charge in [0.25, 0.3) is 0 Å². The third-order valence-corrected chi connectivity index (χ3v) is 6.84. The summed E-state index contributed by atoms with van der Waals surface area (Å²) in [6.45, 7) is 3.96. The van der Waals surface area contributed by atoms with E-state index in [1.54, 1.807) is 23.6 Å². The van der Waals surface area contributed by atoms with Crippen LogP contribution >= 0.6 is 11.8 Å². The Morgan fingerprint density at radius 2 is 2.17 bits per heavy atom. The van der Waals surface area contributed by atoms with Crippen LogP contribution in [0.15, 0.2) is 0 Å². The second-order valence-electron chi connectivity index (χ2n) is 4.80. The molecule has 5 nitrogen and oxygen atoms in total. The van der Waals surface area contributed by atoms with Gasteiger partial charge in [0.05, 0.1) is 0 Å². The summed E-state index contributed by atoms with van der Waals surface area (Å²) in [4.78, 5) is 13.8. The van der Waals surface area contributed by atoms with Gasteiger partial charge < -0.3 is 10.2 Å². The van der Waals surface area contributed by atoms with Crippen molar-refractivity contribution < 1.29 is 13.2 Å². The lowest BCUT2D eigenvalue weighted by Crippen LogP contribution is -2.52. The van der Waals surface area contributed by atoms with Crippen LogP contribution in [0.3, 0.4) is 0 Å². The van der Waals surface area contributed by atoms with E-state index < -0.39 is 15.2 Å². The molecule has 1 unspecified atom stereocenters. The molecule has 2 aliphatic rings. The smallest absolute Gasteiger partial charge is 0.224 e. The quantitative estimate of drug-likeness (QED) is 0.786. The lowest BCUT2D eigenvalue weighted by Gasteiger charge is -2.36. The number of thioether (sulfide) groups is 1. The van der Waals surface area contributed by atoms with Crippen LogP contribution in [0.4, 0.5) is 0 Å². The third-order valence-electron chi connectivity index (χ3n) is 3.55. The number of amides is 1. The summed E-state index contributed by atoms with van der Waals surface area (Å²) in [7, 11) is -3.17. The summed E-state index contributed by atoms with van der Waals surface area (Å²) < 4.78 is 24.0. The fourth-order valence-electron chi connectivity index (χ4n) is 2.21. The molecule has 0 bridgehead atoms. The molecule has 1 amide bonds. The predicted octanol–water partition coefficient (Wildman–Crippen LogP) is -0.0679. The lowest BCUT2D eigenvalue weighted by molar-refractivity contribution is -0.133. The number of nitrogens with zero attached hydrogens (tertiary/aromatic N) is 1. The largest absolute Gasteiger partial charge is 0.324 e. The molecule has 104 valence electrons. The van der Waals surface area contributed by atoms with Crippen molar-refractivity contribution in [1.82, 2.24) is 10.2 Å². The fourth-order valence-corrected chi connectivity index (χ4v) is 5.20. The van der Waals surface area contributed by atoms with Crippen LogP contribution in [0.2, 0.25) is 0 Å². The topological polar surface area (TPSA) is 66.5 Å². The monoisotopic (exact) mass is 292 g/mol. The van der Waals surface area contributed by atoms with Gasteiger partial charge in [0, 0.05) is 30.2 Å². The summed E-state index contributed by atoms with van der Waals surface area (Å²) in [5, 5.41) is 2.52. The molecule has 0 aliphatic carbocycles. The van der Waals surface area contributed by atoms with Gasteiger partial charge in [-0.1, -0.05) is 6.92 Å². The molecule has 0 spiro atoms. The molecule has 2 heterocycles. The van der Waals surface area contributed by atoms with Crippen molar-refractivity contribution in [3.63, 3.8) is 0 Å². The number of hydrogen-bond donors (Lipinski definition) is 1. The molecule has 0 radical (unpaired) electrons. The highest BCUT2D eigenvalue weighted by Gasteiger charge is 2.36. The molecule has 2 saturated heterocycles. The number of carbonyl (C=O) groups is 1. The van der Waals surface area contributed by atoms with Gasteiger partial charge in [-0.2, -0.15) is 11.8 Å². The number of hydrogen-bond acceptors (Lipinski definition) is 5.